The highest BCUT2D eigenvalue weighted by molar-refractivity contribution is 5.76. The highest BCUT2D eigenvalue weighted by Gasteiger charge is 2.15. The van der Waals surface area contributed by atoms with Gasteiger partial charge in [0.25, 0.3) is 0 Å². The fourth-order valence-corrected chi connectivity index (χ4v) is 1.35. The van der Waals surface area contributed by atoms with Crippen LogP contribution >= 0.6 is 0 Å². The van der Waals surface area contributed by atoms with E-state index in [2.05, 4.69) is 20.8 Å². The zero-order valence-electron chi connectivity index (χ0n) is 10.8. The molecule has 0 aliphatic heterocycles. The predicted octanol–water partition coefficient (Wildman–Crippen LogP) is 2.01. The molecule has 0 aromatic heterocycles. The highest BCUT2D eigenvalue weighted by atomic mass is 16.2. The maximum atomic E-state index is 11.7. The molecule has 1 atom stereocenters. The third-order valence-corrected chi connectivity index (χ3v) is 2.71. The van der Waals surface area contributed by atoms with E-state index >= 15 is 0 Å². The molecule has 0 aliphatic carbocycles. The SMILES string of the molecule is C[C@@H](CN)N(C)C(=O)CCCC(C)(C)C. The van der Waals surface area contributed by atoms with Crippen molar-refractivity contribution in [2.75, 3.05) is 13.6 Å². The van der Waals surface area contributed by atoms with E-state index in [9.17, 15) is 4.79 Å². The number of nitrogens with zero attached hydrogens (tertiary/aromatic N) is 1. The molecule has 0 saturated heterocycles. The Labute approximate surface area is 94.0 Å². The molecule has 0 aromatic rings. The van der Waals surface area contributed by atoms with E-state index in [-0.39, 0.29) is 11.9 Å². The van der Waals surface area contributed by atoms with E-state index in [1.54, 1.807) is 4.90 Å². The van der Waals surface area contributed by atoms with Crippen LogP contribution in [0.25, 0.3) is 0 Å². The molecule has 0 spiro atoms. The smallest absolute Gasteiger partial charge is 0.222 e. The van der Waals surface area contributed by atoms with Crippen molar-refractivity contribution in [2.45, 2.75) is 53.0 Å². The van der Waals surface area contributed by atoms with Crippen LogP contribution in [0, 0.1) is 5.41 Å². The Balaban J connectivity index is 3.84. The molecule has 0 heterocycles. The number of carbonyl (C=O) groups excluding carboxylic acids is 1. The van der Waals surface area contributed by atoms with Gasteiger partial charge < -0.3 is 10.6 Å². The molecule has 0 rings (SSSR count). The maximum absolute atomic E-state index is 11.7. The van der Waals surface area contributed by atoms with Crippen LogP contribution < -0.4 is 5.73 Å². The molecule has 3 nitrogen and oxygen atoms in total. The number of carbonyl (C=O) groups is 1. The van der Waals surface area contributed by atoms with E-state index < -0.39 is 0 Å². The fraction of sp³-hybridized carbons (Fsp3) is 0.917. The first-order chi connectivity index (χ1) is 6.78. The summed E-state index contributed by atoms with van der Waals surface area (Å²) in [4.78, 5) is 13.5. The molecular formula is C12H26N2O. The van der Waals surface area contributed by atoms with E-state index in [4.69, 9.17) is 5.73 Å². The van der Waals surface area contributed by atoms with Crippen LogP contribution in [0.3, 0.4) is 0 Å². The van der Waals surface area contributed by atoms with Crippen molar-refractivity contribution in [1.29, 1.82) is 0 Å². The molecule has 0 aromatic carbocycles. The molecule has 0 aliphatic rings. The van der Waals surface area contributed by atoms with Crippen LogP contribution in [0.5, 0.6) is 0 Å². The van der Waals surface area contributed by atoms with Crippen LogP contribution in [-0.2, 0) is 4.79 Å². The molecule has 0 bridgehead atoms. The first kappa shape index (κ1) is 14.4. The van der Waals surface area contributed by atoms with Crippen molar-refractivity contribution >= 4 is 5.91 Å². The third-order valence-electron chi connectivity index (χ3n) is 2.71. The minimum absolute atomic E-state index is 0.145. The lowest BCUT2D eigenvalue weighted by atomic mass is 9.90. The second kappa shape index (κ2) is 6.11. The standard InChI is InChI=1S/C12H26N2O/c1-10(9-13)14(5)11(15)7-6-8-12(2,3)4/h10H,6-9,13H2,1-5H3/t10-/m0/s1. The number of rotatable bonds is 5. The Kier molecular flexibility index (Phi) is 5.88. The van der Waals surface area contributed by atoms with Crippen molar-refractivity contribution in [3.63, 3.8) is 0 Å². The van der Waals surface area contributed by atoms with E-state index in [0.717, 1.165) is 12.8 Å². The summed E-state index contributed by atoms with van der Waals surface area (Å²) < 4.78 is 0. The van der Waals surface area contributed by atoms with Crippen LogP contribution in [0.2, 0.25) is 0 Å². The molecule has 90 valence electrons. The summed E-state index contributed by atoms with van der Waals surface area (Å²) in [6.07, 6.45) is 2.69. The van der Waals surface area contributed by atoms with Gasteiger partial charge in [0.05, 0.1) is 0 Å². The Morgan fingerprint density at radius 2 is 1.93 bits per heavy atom. The first-order valence-electron chi connectivity index (χ1n) is 5.73. The maximum Gasteiger partial charge on any atom is 0.222 e. The summed E-state index contributed by atoms with van der Waals surface area (Å²) in [6.45, 7) is 9.10. The largest absolute Gasteiger partial charge is 0.342 e. The summed E-state index contributed by atoms with van der Waals surface area (Å²) in [6, 6.07) is 0.145. The van der Waals surface area contributed by atoms with E-state index in [1.807, 2.05) is 14.0 Å². The number of likely N-dealkylation sites (N-methyl/N-ethyl adjacent to an activating group) is 1. The van der Waals surface area contributed by atoms with Gasteiger partial charge in [-0.1, -0.05) is 20.8 Å². The topological polar surface area (TPSA) is 46.3 Å². The molecule has 15 heavy (non-hydrogen) atoms. The molecule has 0 fully saturated rings. The Hall–Kier alpha value is -0.570. The summed E-state index contributed by atoms with van der Waals surface area (Å²) in [5.74, 6) is 0.206. The first-order valence-corrected chi connectivity index (χ1v) is 5.73. The number of hydrogen-bond donors (Lipinski definition) is 1. The van der Waals surface area contributed by atoms with Crippen molar-refractivity contribution < 1.29 is 4.79 Å². The van der Waals surface area contributed by atoms with Gasteiger partial charge in [-0.15, -0.1) is 0 Å². The second-order valence-electron chi connectivity index (χ2n) is 5.50. The van der Waals surface area contributed by atoms with Gasteiger partial charge in [0, 0.05) is 26.1 Å². The average molecular weight is 214 g/mol. The number of hydrogen-bond acceptors (Lipinski definition) is 2. The molecular weight excluding hydrogens is 188 g/mol. The summed E-state index contributed by atoms with van der Waals surface area (Å²) >= 11 is 0. The van der Waals surface area contributed by atoms with Crippen LogP contribution in [0.1, 0.15) is 47.0 Å². The van der Waals surface area contributed by atoms with Gasteiger partial charge in [-0.05, 0) is 25.2 Å². The quantitative estimate of drug-likeness (QED) is 0.761. The molecule has 0 unspecified atom stereocenters. The van der Waals surface area contributed by atoms with Gasteiger partial charge in [0.15, 0.2) is 0 Å². The van der Waals surface area contributed by atoms with Crippen LogP contribution in [-0.4, -0.2) is 30.4 Å². The van der Waals surface area contributed by atoms with E-state index in [1.165, 1.54) is 0 Å². The summed E-state index contributed by atoms with van der Waals surface area (Å²) in [5.41, 5.74) is 5.83. The minimum Gasteiger partial charge on any atom is -0.342 e. The third kappa shape index (κ3) is 6.50. The number of nitrogens with two attached hydrogens (primary N) is 1. The predicted molar refractivity (Wildman–Crippen MR) is 64.6 cm³/mol. The molecule has 0 radical (unpaired) electrons. The minimum atomic E-state index is 0.145. The lowest BCUT2D eigenvalue weighted by molar-refractivity contribution is -0.131. The van der Waals surface area contributed by atoms with Gasteiger partial charge in [-0.25, -0.2) is 0 Å². The lowest BCUT2D eigenvalue weighted by Crippen LogP contribution is -2.39. The fourth-order valence-electron chi connectivity index (χ4n) is 1.35. The monoisotopic (exact) mass is 214 g/mol. The van der Waals surface area contributed by atoms with Crippen LogP contribution in [0.4, 0.5) is 0 Å². The Morgan fingerprint density at radius 3 is 2.33 bits per heavy atom. The zero-order valence-corrected chi connectivity index (χ0v) is 10.8. The van der Waals surface area contributed by atoms with Crippen molar-refractivity contribution in [1.82, 2.24) is 4.90 Å². The van der Waals surface area contributed by atoms with Gasteiger partial charge in [-0.3, -0.25) is 4.79 Å². The van der Waals surface area contributed by atoms with Crippen molar-refractivity contribution in [2.24, 2.45) is 11.1 Å². The molecule has 2 N–H and O–H groups in total. The highest BCUT2D eigenvalue weighted by Crippen LogP contribution is 2.21. The molecule has 3 heteroatoms. The lowest BCUT2D eigenvalue weighted by Gasteiger charge is -2.24. The molecule has 1 amide bonds. The second-order valence-corrected chi connectivity index (χ2v) is 5.50. The van der Waals surface area contributed by atoms with Gasteiger partial charge in [0.1, 0.15) is 0 Å². The summed E-state index contributed by atoms with van der Waals surface area (Å²) in [5, 5.41) is 0. The zero-order chi connectivity index (χ0) is 12.1. The molecule has 0 saturated carbocycles. The Morgan fingerprint density at radius 1 is 1.40 bits per heavy atom. The van der Waals surface area contributed by atoms with Crippen LogP contribution in [0.15, 0.2) is 0 Å². The number of amides is 1. The summed E-state index contributed by atoms with van der Waals surface area (Å²) in [7, 11) is 1.83. The average Bonchev–Trinajstić information content (AvgIpc) is 2.13. The normalized spacial score (nSPS) is 13.7. The Bertz CT molecular complexity index is 196. The van der Waals surface area contributed by atoms with Gasteiger partial charge >= 0.3 is 0 Å². The van der Waals surface area contributed by atoms with Gasteiger partial charge in [0.2, 0.25) is 5.91 Å². The van der Waals surface area contributed by atoms with Crippen molar-refractivity contribution in [3.8, 4) is 0 Å². The van der Waals surface area contributed by atoms with Crippen molar-refractivity contribution in [3.05, 3.63) is 0 Å². The van der Waals surface area contributed by atoms with E-state index in [0.29, 0.717) is 18.4 Å². The van der Waals surface area contributed by atoms with Gasteiger partial charge in [-0.2, -0.15) is 0 Å².